The average Bonchev–Trinajstić information content (AvgIpc) is 3.35. The fourth-order valence-corrected chi connectivity index (χ4v) is 4.11. The first-order valence-electron chi connectivity index (χ1n) is 8.90. The van der Waals surface area contributed by atoms with Crippen LogP contribution in [0.1, 0.15) is 5.56 Å². The molecule has 2 unspecified atom stereocenters. The van der Waals surface area contributed by atoms with E-state index in [1.54, 1.807) is 10.9 Å². The van der Waals surface area contributed by atoms with Gasteiger partial charge in [0.05, 0.1) is 30.0 Å². The molecule has 8 nitrogen and oxygen atoms in total. The summed E-state index contributed by atoms with van der Waals surface area (Å²) in [4.78, 5) is 37.8. The summed E-state index contributed by atoms with van der Waals surface area (Å²) in [5, 5.41) is 5.07. The minimum absolute atomic E-state index is 0.0900. The lowest BCUT2D eigenvalue weighted by Gasteiger charge is -2.21. The molecule has 2 fully saturated rings. The van der Waals surface area contributed by atoms with Gasteiger partial charge < -0.3 is 4.90 Å². The SMILES string of the molecule is Cn1ncc2c(N3CC4C(=O)N(Cc5ccccc5)C(=O)C4C3)ncnc21. The summed E-state index contributed by atoms with van der Waals surface area (Å²) in [5.41, 5.74) is 1.70. The number of imide groups is 1. The molecule has 0 radical (unpaired) electrons. The molecule has 0 spiro atoms. The number of carbonyl (C=O) groups excluding carboxylic acids is 2. The number of anilines is 1. The summed E-state index contributed by atoms with van der Waals surface area (Å²) in [6, 6.07) is 9.61. The zero-order valence-corrected chi connectivity index (χ0v) is 14.8. The Morgan fingerprint density at radius 2 is 1.74 bits per heavy atom. The topological polar surface area (TPSA) is 84.2 Å². The van der Waals surface area contributed by atoms with E-state index >= 15 is 0 Å². The lowest BCUT2D eigenvalue weighted by Crippen LogP contribution is -2.35. The molecule has 0 saturated carbocycles. The van der Waals surface area contributed by atoms with Crippen molar-refractivity contribution in [3.05, 3.63) is 48.4 Å². The summed E-state index contributed by atoms with van der Waals surface area (Å²) >= 11 is 0. The highest BCUT2D eigenvalue weighted by Crippen LogP contribution is 2.37. The van der Waals surface area contributed by atoms with E-state index in [-0.39, 0.29) is 23.7 Å². The van der Waals surface area contributed by atoms with Crippen molar-refractivity contribution < 1.29 is 9.59 Å². The molecule has 2 aromatic heterocycles. The van der Waals surface area contributed by atoms with Gasteiger partial charge in [0.1, 0.15) is 12.1 Å². The molecule has 2 saturated heterocycles. The number of carbonyl (C=O) groups is 2. The van der Waals surface area contributed by atoms with E-state index in [0.717, 1.165) is 22.4 Å². The molecular formula is C19H18N6O2. The number of amides is 2. The Hall–Kier alpha value is -3.29. The van der Waals surface area contributed by atoms with Gasteiger partial charge in [-0.3, -0.25) is 19.2 Å². The van der Waals surface area contributed by atoms with Crippen LogP contribution in [0.2, 0.25) is 0 Å². The van der Waals surface area contributed by atoms with Crippen molar-refractivity contribution >= 4 is 28.7 Å². The molecule has 2 amide bonds. The minimum Gasteiger partial charge on any atom is -0.354 e. The van der Waals surface area contributed by atoms with Gasteiger partial charge in [0, 0.05) is 20.1 Å². The van der Waals surface area contributed by atoms with Crippen LogP contribution >= 0.6 is 0 Å². The van der Waals surface area contributed by atoms with Crippen molar-refractivity contribution in [2.24, 2.45) is 18.9 Å². The quantitative estimate of drug-likeness (QED) is 0.646. The van der Waals surface area contributed by atoms with Gasteiger partial charge in [0.15, 0.2) is 5.65 Å². The molecule has 0 N–H and O–H groups in total. The molecule has 136 valence electrons. The average molecular weight is 362 g/mol. The van der Waals surface area contributed by atoms with Crippen LogP contribution in [-0.2, 0) is 23.2 Å². The Morgan fingerprint density at radius 1 is 1.04 bits per heavy atom. The molecule has 0 aliphatic carbocycles. The van der Waals surface area contributed by atoms with E-state index in [1.807, 2.05) is 42.3 Å². The number of nitrogens with zero attached hydrogens (tertiary/aromatic N) is 6. The molecule has 3 aromatic rings. The highest BCUT2D eigenvalue weighted by Gasteiger charge is 2.52. The fraction of sp³-hybridized carbons (Fsp3) is 0.316. The number of hydrogen-bond acceptors (Lipinski definition) is 6. The van der Waals surface area contributed by atoms with Crippen LogP contribution in [0.5, 0.6) is 0 Å². The van der Waals surface area contributed by atoms with E-state index in [9.17, 15) is 9.59 Å². The predicted octanol–water partition coefficient (Wildman–Crippen LogP) is 0.985. The van der Waals surface area contributed by atoms with Gasteiger partial charge in [-0.1, -0.05) is 30.3 Å². The van der Waals surface area contributed by atoms with Crippen LogP contribution < -0.4 is 4.90 Å². The standard InChI is InChI=1S/C19H18N6O2/c1-23-16-13(7-22-23)17(21-11-20-16)24-9-14-15(10-24)19(27)25(18(14)26)8-12-5-3-2-4-6-12/h2-7,11,14-15H,8-10H2,1H3. The van der Waals surface area contributed by atoms with Gasteiger partial charge in [0.25, 0.3) is 0 Å². The Kier molecular flexibility index (Phi) is 3.46. The summed E-state index contributed by atoms with van der Waals surface area (Å²) in [7, 11) is 1.83. The maximum absolute atomic E-state index is 12.9. The second-order valence-electron chi connectivity index (χ2n) is 7.07. The molecule has 2 aliphatic heterocycles. The number of rotatable bonds is 3. The zero-order chi connectivity index (χ0) is 18.5. The highest BCUT2D eigenvalue weighted by atomic mass is 16.2. The molecule has 5 rings (SSSR count). The van der Waals surface area contributed by atoms with E-state index in [1.165, 1.54) is 11.2 Å². The lowest BCUT2D eigenvalue weighted by molar-refractivity contribution is -0.140. The van der Waals surface area contributed by atoms with Crippen LogP contribution in [0, 0.1) is 11.8 Å². The number of fused-ring (bicyclic) bond motifs is 2. The summed E-state index contributed by atoms with van der Waals surface area (Å²) in [5.74, 6) is -0.0795. The third-order valence-corrected chi connectivity index (χ3v) is 5.48. The van der Waals surface area contributed by atoms with Crippen LogP contribution in [0.3, 0.4) is 0 Å². The normalized spacial score (nSPS) is 22.1. The van der Waals surface area contributed by atoms with Crippen LogP contribution in [0.4, 0.5) is 5.82 Å². The number of aromatic nitrogens is 4. The number of benzene rings is 1. The maximum atomic E-state index is 12.9. The van der Waals surface area contributed by atoms with Crippen molar-refractivity contribution in [1.82, 2.24) is 24.6 Å². The molecule has 2 atom stereocenters. The van der Waals surface area contributed by atoms with Crippen LogP contribution in [0.25, 0.3) is 11.0 Å². The molecule has 27 heavy (non-hydrogen) atoms. The summed E-state index contributed by atoms with van der Waals surface area (Å²) in [6.45, 7) is 1.31. The Labute approximate surface area is 155 Å². The van der Waals surface area contributed by atoms with E-state index in [4.69, 9.17) is 0 Å². The third kappa shape index (κ3) is 2.40. The molecule has 8 heteroatoms. The Balaban J connectivity index is 1.40. The summed E-state index contributed by atoms with van der Waals surface area (Å²) in [6.07, 6.45) is 3.23. The van der Waals surface area contributed by atoms with Gasteiger partial charge >= 0.3 is 0 Å². The number of hydrogen-bond donors (Lipinski definition) is 0. The van der Waals surface area contributed by atoms with Gasteiger partial charge in [0.2, 0.25) is 11.8 Å². The monoisotopic (exact) mass is 362 g/mol. The van der Waals surface area contributed by atoms with Gasteiger partial charge in [-0.05, 0) is 5.56 Å². The molecule has 4 heterocycles. The zero-order valence-electron chi connectivity index (χ0n) is 14.8. The van der Waals surface area contributed by atoms with Gasteiger partial charge in [-0.25, -0.2) is 9.97 Å². The van der Waals surface area contributed by atoms with Gasteiger partial charge in [-0.15, -0.1) is 0 Å². The maximum Gasteiger partial charge on any atom is 0.235 e. The molecule has 1 aromatic carbocycles. The van der Waals surface area contributed by atoms with E-state index in [0.29, 0.717) is 19.6 Å². The highest BCUT2D eigenvalue weighted by molar-refractivity contribution is 6.06. The number of likely N-dealkylation sites (tertiary alicyclic amines) is 1. The largest absolute Gasteiger partial charge is 0.354 e. The number of aryl methyl sites for hydroxylation is 1. The smallest absolute Gasteiger partial charge is 0.235 e. The minimum atomic E-state index is -0.317. The van der Waals surface area contributed by atoms with Crippen LogP contribution in [-0.4, -0.2) is 49.6 Å². The first kappa shape index (κ1) is 15.9. The fourth-order valence-electron chi connectivity index (χ4n) is 4.11. The van der Waals surface area contributed by atoms with Crippen LogP contribution in [0.15, 0.2) is 42.9 Å². The molecule has 2 aliphatic rings. The first-order valence-corrected chi connectivity index (χ1v) is 8.90. The van der Waals surface area contributed by atoms with Crippen molar-refractivity contribution in [3.8, 4) is 0 Å². The predicted molar refractivity (Wildman–Crippen MR) is 97.5 cm³/mol. The second kappa shape index (κ2) is 5.87. The molecular weight excluding hydrogens is 344 g/mol. The lowest BCUT2D eigenvalue weighted by atomic mass is 10.00. The van der Waals surface area contributed by atoms with E-state index < -0.39 is 0 Å². The Bertz CT molecular complexity index is 1020. The third-order valence-electron chi connectivity index (χ3n) is 5.48. The summed E-state index contributed by atoms with van der Waals surface area (Å²) < 4.78 is 1.69. The van der Waals surface area contributed by atoms with Gasteiger partial charge in [-0.2, -0.15) is 5.10 Å². The van der Waals surface area contributed by atoms with Crippen molar-refractivity contribution in [2.45, 2.75) is 6.54 Å². The van der Waals surface area contributed by atoms with Crippen molar-refractivity contribution in [1.29, 1.82) is 0 Å². The van der Waals surface area contributed by atoms with Crippen molar-refractivity contribution in [3.63, 3.8) is 0 Å². The van der Waals surface area contributed by atoms with Crippen molar-refractivity contribution in [2.75, 3.05) is 18.0 Å². The molecule has 0 bridgehead atoms. The van der Waals surface area contributed by atoms with E-state index in [2.05, 4.69) is 15.1 Å². The first-order chi connectivity index (χ1) is 13.1. The Morgan fingerprint density at radius 3 is 2.44 bits per heavy atom. The second-order valence-corrected chi connectivity index (χ2v) is 7.07.